The minimum atomic E-state index is -0.675. The Kier molecular flexibility index (Phi) is 3.44. The third-order valence-electron chi connectivity index (χ3n) is 2.79. The Morgan fingerprint density at radius 3 is 2.81 bits per heavy atom. The van der Waals surface area contributed by atoms with Crippen LogP contribution in [0.5, 0.6) is 5.75 Å². The summed E-state index contributed by atoms with van der Waals surface area (Å²) in [6.45, 7) is 0.868. The number of methoxy groups -OCH3 is 1. The number of benzene rings is 1. The van der Waals surface area contributed by atoms with Gasteiger partial charge in [0.1, 0.15) is 5.82 Å². The molecular formula is C11H12BrF2NO. The number of nitrogens with one attached hydrogen (secondary N) is 1. The highest BCUT2D eigenvalue weighted by molar-refractivity contribution is 9.10. The highest BCUT2D eigenvalue weighted by atomic mass is 79.9. The molecule has 2 rings (SSSR count). The van der Waals surface area contributed by atoms with Crippen LogP contribution in [0.3, 0.4) is 0 Å². The van der Waals surface area contributed by atoms with Gasteiger partial charge in [-0.05, 0) is 41.4 Å². The lowest BCUT2D eigenvalue weighted by Gasteiger charge is -2.16. The Bertz CT molecular complexity index is 405. The zero-order valence-electron chi connectivity index (χ0n) is 8.82. The predicted molar refractivity (Wildman–Crippen MR) is 60.6 cm³/mol. The van der Waals surface area contributed by atoms with Gasteiger partial charge in [-0.2, -0.15) is 0 Å². The molecule has 1 saturated heterocycles. The molecule has 1 unspecified atom stereocenters. The van der Waals surface area contributed by atoms with Crippen molar-refractivity contribution in [2.24, 2.45) is 0 Å². The van der Waals surface area contributed by atoms with E-state index in [1.807, 2.05) is 0 Å². The van der Waals surface area contributed by atoms with Crippen molar-refractivity contribution < 1.29 is 13.5 Å². The minimum Gasteiger partial charge on any atom is -0.493 e. The van der Waals surface area contributed by atoms with Gasteiger partial charge in [-0.1, -0.05) is 0 Å². The van der Waals surface area contributed by atoms with Crippen molar-refractivity contribution in [1.82, 2.24) is 5.32 Å². The summed E-state index contributed by atoms with van der Waals surface area (Å²) in [5.74, 6) is -1.15. The molecule has 1 aliphatic heterocycles. The van der Waals surface area contributed by atoms with E-state index in [1.165, 1.54) is 13.2 Å². The van der Waals surface area contributed by atoms with Crippen molar-refractivity contribution in [2.45, 2.75) is 18.9 Å². The van der Waals surface area contributed by atoms with Gasteiger partial charge in [-0.3, -0.25) is 0 Å². The maximum Gasteiger partial charge on any atom is 0.182 e. The third-order valence-corrected chi connectivity index (χ3v) is 3.51. The summed E-state index contributed by atoms with van der Waals surface area (Å²) < 4.78 is 32.0. The molecule has 0 aromatic heterocycles. The van der Waals surface area contributed by atoms with Gasteiger partial charge < -0.3 is 10.1 Å². The van der Waals surface area contributed by atoms with Crippen LogP contribution in [0.15, 0.2) is 10.5 Å². The molecule has 1 aromatic carbocycles. The van der Waals surface area contributed by atoms with Crippen molar-refractivity contribution in [1.29, 1.82) is 0 Å². The first-order valence-corrected chi connectivity index (χ1v) is 5.89. The summed E-state index contributed by atoms with van der Waals surface area (Å²) in [6, 6.07) is 1.31. The largest absolute Gasteiger partial charge is 0.493 e. The first-order chi connectivity index (χ1) is 7.65. The normalized spacial score (nSPS) is 20.1. The summed E-state index contributed by atoms with van der Waals surface area (Å²) in [5, 5.41) is 3.19. The molecule has 88 valence electrons. The van der Waals surface area contributed by atoms with Crippen LogP contribution in [0.4, 0.5) is 8.78 Å². The van der Waals surface area contributed by atoms with Gasteiger partial charge in [0.15, 0.2) is 11.6 Å². The molecule has 0 bridgehead atoms. The van der Waals surface area contributed by atoms with E-state index < -0.39 is 11.6 Å². The van der Waals surface area contributed by atoms with Crippen LogP contribution in [0.25, 0.3) is 0 Å². The summed E-state index contributed by atoms with van der Waals surface area (Å²) >= 11 is 2.86. The quantitative estimate of drug-likeness (QED) is 0.845. The summed E-state index contributed by atoms with van der Waals surface area (Å²) in [7, 11) is 1.39. The lowest BCUT2D eigenvalue weighted by molar-refractivity contribution is 0.371. The Morgan fingerprint density at radius 1 is 1.50 bits per heavy atom. The predicted octanol–water partition coefficient (Wildman–Crippen LogP) is 3.16. The molecule has 1 aromatic rings. The SMILES string of the molecule is COc1c(C2CCCN2)cc(F)c(Br)c1F. The van der Waals surface area contributed by atoms with Gasteiger partial charge in [0.2, 0.25) is 0 Å². The first-order valence-electron chi connectivity index (χ1n) is 5.10. The van der Waals surface area contributed by atoms with Crippen LogP contribution >= 0.6 is 15.9 Å². The van der Waals surface area contributed by atoms with E-state index in [0.29, 0.717) is 5.56 Å². The van der Waals surface area contributed by atoms with Gasteiger partial charge >= 0.3 is 0 Å². The van der Waals surface area contributed by atoms with E-state index in [-0.39, 0.29) is 16.3 Å². The molecule has 1 aliphatic rings. The van der Waals surface area contributed by atoms with E-state index in [4.69, 9.17) is 4.74 Å². The fourth-order valence-corrected chi connectivity index (χ4v) is 2.31. The summed E-state index contributed by atoms with van der Waals surface area (Å²) in [4.78, 5) is 0. The van der Waals surface area contributed by atoms with E-state index in [1.54, 1.807) is 0 Å². The Morgan fingerprint density at radius 2 is 2.25 bits per heavy atom. The van der Waals surface area contributed by atoms with E-state index in [2.05, 4.69) is 21.2 Å². The molecule has 0 spiro atoms. The maximum atomic E-state index is 13.7. The van der Waals surface area contributed by atoms with Crippen molar-refractivity contribution in [2.75, 3.05) is 13.7 Å². The Balaban J connectivity index is 2.50. The molecule has 2 nitrogen and oxygen atoms in total. The third kappa shape index (κ3) is 1.94. The van der Waals surface area contributed by atoms with Crippen molar-refractivity contribution in [3.63, 3.8) is 0 Å². The van der Waals surface area contributed by atoms with Gasteiger partial charge in [0.05, 0.1) is 11.6 Å². The fraction of sp³-hybridized carbons (Fsp3) is 0.455. The molecule has 1 fully saturated rings. The van der Waals surface area contributed by atoms with Gasteiger partial charge in [-0.25, -0.2) is 8.78 Å². The zero-order valence-corrected chi connectivity index (χ0v) is 10.4. The molecule has 1 heterocycles. The average molecular weight is 292 g/mol. The van der Waals surface area contributed by atoms with Crippen molar-refractivity contribution in [3.05, 3.63) is 27.7 Å². The fourth-order valence-electron chi connectivity index (χ4n) is 2.01. The minimum absolute atomic E-state index is 0.0213. The zero-order chi connectivity index (χ0) is 11.7. The summed E-state index contributed by atoms with van der Waals surface area (Å²) in [6.07, 6.45) is 1.88. The number of rotatable bonds is 2. The number of halogens is 3. The van der Waals surface area contributed by atoms with Crippen molar-refractivity contribution in [3.8, 4) is 5.75 Å². The van der Waals surface area contributed by atoms with E-state index in [0.717, 1.165) is 19.4 Å². The van der Waals surface area contributed by atoms with E-state index >= 15 is 0 Å². The van der Waals surface area contributed by atoms with Crippen LogP contribution in [0, 0.1) is 11.6 Å². The Labute approximate surface area is 101 Å². The van der Waals surface area contributed by atoms with Crippen LogP contribution in [-0.4, -0.2) is 13.7 Å². The van der Waals surface area contributed by atoms with Crippen LogP contribution in [0.1, 0.15) is 24.4 Å². The summed E-state index contributed by atoms with van der Waals surface area (Å²) in [5.41, 5.74) is 0.554. The monoisotopic (exact) mass is 291 g/mol. The highest BCUT2D eigenvalue weighted by Crippen LogP contribution is 2.37. The second kappa shape index (κ2) is 4.67. The van der Waals surface area contributed by atoms with Gasteiger partial charge in [0, 0.05) is 11.6 Å². The standard InChI is InChI=1S/C11H12BrF2NO/c1-16-11-6(8-3-2-4-15-8)5-7(13)9(12)10(11)14/h5,8,15H,2-4H2,1H3. The molecular weight excluding hydrogens is 280 g/mol. The molecule has 5 heteroatoms. The van der Waals surface area contributed by atoms with Crippen molar-refractivity contribution >= 4 is 15.9 Å². The van der Waals surface area contributed by atoms with Gasteiger partial charge in [0.25, 0.3) is 0 Å². The topological polar surface area (TPSA) is 21.3 Å². The average Bonchev–Trinajstić information content (AvgIpc) is 2.79. The van der Waals surface area contributed by atoms with E-state index in [9.17, 15) is 8.78 Å². The molecule has 1 N–H and O–H groups in total. The molecule has 0 saturated carbocycles. The first kappa shape index (κ1) is 11.8. The number of hydrogen-bond donors (Lipinski definition) is 1. The van der Waals surface area contributed by atoms with Crippen LogP contribution in [-0.2, 0) is 0 Å². The molecule has 0 amide bonds. The Hall–Kier alpha value is -0.680. The number of ether oxygens (including phenoxy) is 1. The smallest absolute Gasteiger partial charge is 0.182 e. The lowest BCUT2D eigenvalue weighted by Crippen LogP contribution is -2.15. The lowest BCUT2D eigenvalue weighted by atomic mass is 10.0. The van der Waals surface area contributed by atoms with Crippen LogP contribution < -0.4 is 10.1 Å². The maximum absolute atomic E-state index is 13.7. The second-order valence-corrected chi connectivity index (χ2v) is 4.55. The molecule has 16 heavy (non-hydrogen) atoms. The molecule has 1 atom stereocenters. The second-order valence-electron chi connectivity index (χ2n) is 3.76. The molecule has 0 radical (unpaired) electrons. The molecule has 0 aliphatic carbocycles. The van der Waals surface area contributed by atoms with Gasteiger partial charge in [-0.15, -0.1) is 0 Å². The van der Waals surface area contributed by atoms with Crippen LogP contribution in [0.2, 0.25) is 0 Å². The number of hydrogen-bond acceptors (Lipinski definition) is 2. The highest BCUT2D eigenvalue weighted by Gasteiger charge is 2.25.